The summed E-state index contributed by atoms with van der Waals surface area (Å²) in [4.78, 5) is 38.2. The van der Waals surface area contributed by atoms with Crippen LogP contribution in [0, 0.1) is 0 Å². The molecule has 0 saturated carbocycles. The molecular weight excluding hydrogens is 853 g/mol. The third-order valence-electron chi connectivity index (χ3n) is 13.6. The molecule has 6 nitrogen and oxygen atoms in total. The van der Waals surface area contributed by atoms with Gasteiger partial charge in [0.1, 0.15) is 13.2 Å². The van der Waals surface area contributed by atoms with E-state index in [4.69, 9.17) is 14.2 Å². The van der Waals surface area contributed by atoms with E-state index in [0.717, 1.165) is 83.5 Å². The number of rotatable bonds is 56. The normalized spacial score (nSPS) is 12.2. The van der Waals surface area contributed by atoms with E-state index >= 15 is 0 Å². The van der Waals surface area contributed by atoms with E-state index in [9.17, 15) is 14.4 Å². The van der Waals surface area contributed by atoms with Crippen LogP contribution in [-0.4, -0.2) is 37.2 Å². The number of ether oxygens (including phenoxy) is 3. The molecular formula is C63H116O6. The van der Waals surface area contributed by atoms with E-state index in [-0.39, 0.29) is 31.1 Å². The lowest BCUT2D eigenvalue weighted by Gasteiger charge is -2.18. The van der Waals surface area contributed by atoms with Crippen molar-refractivity contribution in [3.05, 3.63) is 36.5 Å². The molecule has 0 radical (unpaired) electrons. The molecule has 0 amide bonds. The van der Waals surface area contributed by atoms with Crippen molar-refractivity contribution in [2.75, 3.05) is 13.2 Å². The van der Waals surface area contributed by atoms with Gasteiger partial charge < -0.3 is 14.2 Å². The fourth-order valence-corrected chi connectivity index (χ4v) is 9.00. The largest absolute Gasteiger partial charge is 0.462 e. The van der Waals surface area contributed by atoms with E-state index < -0.39 is 6.10 Å². The Labute approximate surface area is 429 Å². The molecule has 0 spiro atoms. The molecule has 0 N–H and O–H groups in total. The third-order valence-corrected chi connectivity index (χ3v) is 13.6. The van der Waals surface area contributed by atoms with Crippen molar-refractivity contribution in [1.82, 2.24) is 0 Å². The Hall–Kier alpha value is -2.37. The highest BCUT2D eigenvalue weighted by Gasteiger charge is 2.19. The predicted octanol–water partition coefficient (Wildman–Crippen LogP) is 20.4. The zero-order chi connectivity index (χ0) is 50.0. The van der Waals surface area contributed by atoms with E-state index in [2.05, 4.69) is 57.2 Å². The molecule has 0 aliphatic carbocycles. The first-order chi connectivity index (χ1) is 34.0. The Morgan fingerprint density at radius 3 is 0.826 bits per heavy atom. The first-order valence-corrected chi connectivity index (χ1v) is 30.5. The summed E-state index contributed by atoms with van der Waals surface area (Å²) in [6, 6.07) is 0. The molecule has 0 aromatic rings. The number of carbonyl (C=O) groups is 3. The lowest BCUT2D eigenvalue weighted by Crippen LogP contribution is -2.30. The quantitative estimate of drug-likeness (QED) is 0.0261. The third kappa shape index (κ3) is 56.4. The Morgan fingerprint density at radius 2 is 0.522 bits per heavy atom. The summed E-state index contributed by atoms with van der Waals surface area (Å²) in [5, 5.41) is 0. The minimum absolute atomic E-state index is 0.0742. The number of allylic oxidation sites excluding steroid dienone is 6. The molecule has 1 atom stereocenters. The first-order valence-electron chi connectivity index (χ1n) is 30.5. The predicted molar refractivity (Wildman–Crippen MR) is 298 cm³/mol. The number of unbranched alkanes of at least 4 members (excludes halogenated alkanes) is 39. The molecule has 0 heterocycles. The van der Waals surface area contributed by atoms with Gasteiger partial charge in [0.2, 0.25) is 0 Å². The van der Waals surface area contributed by atoms with Crippen LogP contribution >= 0.6 is 0 Å². The van der Waals surface area contributed by atoms with Crippen molar-refractivity contribution in [3.8, 4) is 0 Å². The molecule has 0 saturated heterocycles. The zero-order valence-corrected chi connectivity index (χ0v) is 46.3. The van der Waals surface area contributed by atoms with Crippen LogP contribution in [0.1, 0.15) is 329 Å². The number of esters is 3. The summed E-state index contributed by atoms with van der Waals surface area (Å²) in [6.45, 7) is 6.65. The van der Waals surface area contributed by atoms with Gasteiger partial charge in [-0.3, -0.25) is 14.4 Å². The van der Waals surface area contributed by atoms with Gasteiger partial charge in [-0.05, 0) is 77.0 Å². The van der Waals surface area contributed by atoms with Crippen LogP contribution in [0.2, 0.25) is 0 Å². The van der Waals surface area contributed by atoms with Gasteiger partial charge in [0.15, 0.2) is 6.10 Å². The van der Waals surface area contributed by atoms with Gasteiger partial charge in [-0.25, -0.2) is 0 Å². The van der Waals surface area contributed by atoms with Crippen molar-refractivity contribution in [2.45, 2.75) is 335 Å². The van der Waals surface area contributed by atoms with Gasteiger partial charge in [-0.15, -0.1) is 0 Å². The van der Waals surface area contributed by atoms with E-state index in [1.165, 1.54) is 205 Å². The van der Waals surface area contributed by atoms with Crippen LogP contribution in [0.25, 0.3) is 0 Å². The Morgan fingerprint density at radius 1 is 0.290 bits per heavy atom. The van der Waals surface area contributed by atoms with E-state index in [0.29, 0.717) is 19.3 Å². The highest BCUT2D eigenvalue weighted by molar-refractivity contribution is 5.71. The Kier molecular flexibility index (Phi) is 56.2. The highest BCUT2D eigenvalue weighted by atomic mass is 16.6. The van der Waals surface area contributed by atoms with Crippen LogP contribution in [-0.2, 0) is 28.6 Å². The van der Waals surface area contributed by atoms with Crippen LogP contribution in [0.15, 0.2) is 36.5 Å². The van der Waals surface area contributed by atoms with Crippen molar-refractivity contribution < 1.29 is 28.6 Å². The molecule has 6 heteroatoms. The van der Waals surface area contributed by atoms with E-state index in [1.807, 2.05) is 0 Å². The van der Waals surface area contributed by atoms with Crippen LogP contribution < -0.4 is 0 Å². The van der Waals surface area contributed by atoms with Gasteiger partial charge in [0.25, 0.3) is 0 Å². The molecule has 0 aliphatic rings. The molecule has 0 rings (SSSR count). The van der Waals surface area contributed by atoms with Crippen molar-refractivity contribution >= 4 is 17.9 Å². The fourth-order valence-electron chi connectivity index (χ4n) is 9.00. The molecule has 1 unspecified atom stereocenters. The monoisotopic (exact) mass is 969 g/mol. The van der Waals surface area contributed by atoms with Gasteiger partial charge >= 0.3 is 17.9 Å². The van der Waals surface area contributed by atoms with Crippen molar-refractivity contribution in [1.29, 1.82) is 0 Å². The molecule has 404 valence electrons. The van der Waals surface area contributed by atoms with Gasteiger partial charge in [0.05, 0.1) is 0 Å². The Balaban J connectivity index is 4.27. The SMILES string of the molecule is CCCCCC/C=C\C/C=C\CCCCCCCC(=O)OC(COC(=O)CCCCCCCCCCCCCC)COC(=O)CCCCCCCCCCCCC/C=C\CCCCCCCCCC. The maximum absolute atomic E-state index is 12.9. The smallest absolute Gasteiger partial charge is 0.306 e. The molecule has 69 heavy (non-hydrogen) atoms. The summed E-state index contributed by atoms with van der Waals surface area (Å²) in [7, 11) is 0. The summed E-state index contributed by atoms with van der Waals surface area (Å²) in [5.74, 6) is -0.870. The Bertz CT molecular complexity index is 1160. The van der Waals surface area contributed by atoms with E-state index in [1.54, 1.807) is 0 Å². The summed E-state index contributed by atoms with van der Waals surface area (Å²) in [5.41, 5.74) is 0. The second-order valence-electron chi connectivity index (χ2n) is 20.6. The lowest BCUT2D eigenvalue weighted by molar-refractivity contribution is -0.167. The number of carbonyl (C=O) groups excluding carboxylic acids is 3. The average molecular weight is 970 g/mol. The van der Waals surface area contributed by atoms with Gasteiger partial charge in [0, 0.05) is 19.3 Å². The number of hydrogen-bond acceptors (Lipinski definition) is 6. The zero-order valence-electron chi connectivity index (χ0n) is 46.3. The van der Waals surface area contributed by atoms with Gasteiger partial charge in [-0.1, -0.05) is 269 Å². The maximum Gasteiger partial charge on any atom is 0.306 e. The number of hydrogen-bond donors (Lipinski definition) is 0. The molecule has 0 aromatic carbocycles. The fraction of sp³-hybridized carbons (Fsp3) is 0.857. The summed E-state index contributed by atoms with van der Waals surface area (Å²) < 4.78 is 16.9. The topological polar surface area (TPSA) is 78.9 Å². The molecule has 0 fully saturated rings. The lowest BCUT2D eigenvalue weighted by atomic mass is 10.0. The second kappa shape index (κ2) is 58.2. The molecule has 0 bridgehead atoms. The van der Waals surface area contributed by atoms with Crippen molar-refractivity contribution in [2.24, 2.45) is 0 Å². The molecule has 0 aliphatic heterocycles. The van der Waals surface area contributed by atoms with Crippen molar-refractivity contribution in [3.63, 3.8) is 0 Å². The minimum atomic E-state index is -0.777. The standard InChI is InChI=1S/C63H116O6/c1-4-7-10-13-16-19-22-25-27-29-30-31-32-33-34-35-37-38-41-44-47-50-53-56-62(65)68-59-60(58-67-61(64)55-52-49-46-43-40-24-21-18-15-12-9-6-3)69-63(66)57-54-51-48-45-42-39-36-28-26-23-20-17-14-11-8-5-2/h20,23,28-30,36,60H,4-19,21-22,24-27,31-35,37-59H2,1-3H3/b23-20-,30-29-,36-28-. The first kappa shape index (κ1) is 66.6. The maximum atomic E-state index is 12.9. The second-order valence-corrected chi connectivity index (χ2v) is 20.6. The highest BCUT2D eigenvalue weighted by Crippen LogP contribution is 2.17. The average Bonchev–Trinajstić information content (AvgIpc) is 3.35. The van der Waals surface area contributed by atoms with Crippen LogP contribution in [0.4, 0.5) is 0 Å². The van der Waals surface area contributed by atoms with Crippen LogP contribution in [0.5, 0.6) is 0 Å². The van der Waals surface area contributed by atoms with Crippen LogP contribution in [0.3, 0.4) is 0 Å². The molecule has 0 aromatic heterocycles. The van der Waals surface area contributed by atoms with Gasteiger partial charge in [-0.2, -0.15) is 0 Å². The summed E-state index contributed by atoms with van der Waals surface area (Å²) in [6.07, 6.45) is 70.0. The summed E-state index contributed by atoms with van der Waals surface area (Å²) >= 11 is 0. The minimum Gasteiger partial charge on any atom is -0.462 e.